The van der Waals surface area contributed by atoms with E-state index in [2.05, 4.69) is 0 Å². The van der Waals surface area contributed by atoms with Gasteiger partial charge in [-0.25, -0.2) is 0 Å². The van der Waals surface area contributed by atoms with Crippen molar-refractivity contribution in [3.63, 3.8) is 0 Å². The van der Waals surface area contributed by atoms with Crippen molar-refractivity contribution in [3.05, 3.63) is 35.9 Å². The lowest BCUT2D eigenvalue weighted by atomic mass is 9.83. The average Bonchev–Trinajstić information content (AvgIpc) is 2.49. The van der Waals surface area contributed by atoms with E-state index < -0.39 is 17.4 Å². The van der Waals surface area contributed by atoms with Gasteiger partial charge in [0.15, 0.2) is 5.41 Å². The van der Waals surface area contributed by atoms with Crippen LogP contribution < -0.4 is 0 Å². The molecule has 0 atom stereocenters. The molecule has 0 aliphatic heterocycles. The Morgan fingerprint density at radius 3 is 1.52 bits per heavy atom. The minimum Gasteiger partial charge on any atom is -0.464 e. The highest BCUT2D eigenvalue weighted by Gasteiger charge is 2.45. The van der Waals surface area contributed by atoms with Crippen LogP contribution >= 0.6 is 0 Å². The first kappa shape index (κ1) is 21.2. The van der Waals surface area contributed by atoms with Gasteiger partial charge in [-0.05, 0) is 29.7 Å². The standard InChI is InChI=1S/C21H32O4/c1-19(2,3)14-24-17(22)21(7,13-16-11-9-8-10-12-16)18(23)25-15-20(4,5)6/h8-12H,13-15H2,1-7H3. The van der Waals surface area contributed by atoms with Crippen molar-refractivity contribution < 1.29 is 19.1 Å². The Morgan fingerprint density at radius 1 is 0.760 bits per heavy atom. The summed E-state index contributed by atoms with van der Waals surface area (Å²) < 4.78 is 10.9. The first-order valence-corrected chi connectivity index (χ1v) is 8.72. The predicted molar refractivity (Wildman–Crippen MR) is 99.1 cm³/mol. The van der Waals surface area contributed by atoms with E-state index in [0.29, 0.717) is 0 Å². The monoisotopic (exact) mass is 348 g/mol. The summed E-state index contributed by atoms with van der Waals surface area (Å²) in [6, 6.07) is 9.46. The van der Waals surface area contributed by atoms with Gasteiger partial charge in [-0.2, -0.15) is 0 Å². The molecule has 0 fully saturated rings. The number of carbonyl (C=O) groups excluding carboxylic acids is 2. The Bertz CT molecular complexity index is 546. The van der Waals surface area contributed by atoms with Gasteiger partial charge in [0, 0.05) is 0 Å². The number of hydrogen-bond donors (Lipinski definition) is 0. The predicted octanol–water partition coefficient (Wildman–Crippen LogP) is 4.41. The number of rotatable bonds is 6. The number of benzene rings is 1. The van der Waals surface area contributed by atoms with Gasteiger partial charge in [0.25, 0.3) is 0 Å². The molecule has 1 aromatic carbocycles. The number of esters is 2. The van der Waals surface area contributed by atoms with Crippen molar-refractivity contribution in [2.75, 3.05) is 13.2 Å². The van der Waals surface area contributed by atoms with Crippen LogP contribution in [0.1, 0.15) is 54.0 Å². The van der Waals surface area contributed by atoms with E-state index in [9.17, 15) is 9.59 Å². The van der Waals surface area contributed by atoms with Crippen molar-refractivity contribution >= 4 is 11.9 Å². The maximum Gasteiger partial charge on any atom is 0.323 e. The molecule has 0 unspecified atom stereocenters. The molecule has 140 valence electrons. The van der Waals surface area contributed by atoms with Crippen molar-refractivity contribution in [1.82, 2.24) is 0 Å². The van der Waals surface area contributed by atoms with Gasteiger partial charge < -0.3 is 9.47 Å². The zero-order valence-corrected chi connectivity index (χ0v) is 16.6. The summed E-state index contributed by atoms with van der Waals surface area (Å²) in [5.41, 5.74) is -0.805. The van der Waals surface area contributed by atoms with Crippen LogP contribution in [0.4, 0.5) is 0 Å². The van der Waals surface area contributed by atoms with Crippen LogP contribution in [-0.4, -0.2) is 25.2 Å². The lowest BCUT2D eigenvalue weighted by Crippen LogP contribution is -2.43. The molecule has 0 saturated heterocycles. The fraction of sp³-hybridized carbons (Fsp3) is 0.619. The second-order valence-electron chi connectivity index (χ2n) is 9.27. The van der Waals surface area contributed by atoms with Crippen LogP contribution in [0.25, 0.3) is 0 Å². The fourth-order valence-electron chi connectivity index (χ4n) is 2.11. The molecule has 25 heavy (non-hydrogen) atoms. The first-order chi connectivity index (χ1) is 11.3. The summed E-state index contributed by atoms with van der Waals surface area (Å²) >= 11 is 0. The van der Waals surface area contributed by atoms with Crippen molar-refractivity contribution in [1.29, 1.82) is 0 Å². The zero-order chi connectivity index (χ0) is 19.3. The molecule has 0 N–H and O–H groups in total. The Balaban J connectivity index is 2.99. The molecule has 0 bridgehead atoms. The van der Waals surface area contributed by atoms with E-state index in [-0.39, 0.29) is 30.5 Å². The molecule has 0 saturated carbocycles. The minimum absolute atomic E-state index is 0.168. The number of hydrogen-bond acceptors (Lipinski definition) is 4. The normalized spacial score (nSPS) is 12.6. The van der Waals surface area contributed by atoms with Crippen molar-refractivity contribution in [3.8, 4) is 0 Å². The van der Waals surface area contributed by atoms with Crippen LogP contribution in [-0.2, 0) is 25.5 Å². The SMILES string of the molecule is CC(C)(C)COC(=O)C(C)(Cc1ccccc1)C(=O)OCC(C)(C)C. The van der Waals surface area contributed by atoms with Gasteiger partial charge in [-0.1, -0.05) is 71.9 Å². The minimum atomic E-state index is -1.36. The molecule has 1 aromatic rings. The van der Waals surface area contributed by atoms with E-state index in [1.807, 2.05) is 71.9 Å². The molecule has 0 radical (unpaired) electrons. The molecule has 0 aliphatic carbocycles. The third kappa shape index (κ3) is 7.29. The van der Waals surface area contributed by atoms with Crippen LogP contribution in [0.15, 0.2) is 30.3 Å². The van der Waals surface area contributed by atoms with Crippen LogP contribution in [0.3, 0.4) is 0 Å². The Labute approximate surface area is 151 Å². The summed E-state index contributed by atoms with van der Waals surface area (Å²) in [5.74, 6) is -1.07. The highest BCUT2D eigenvalue weighted by molar-refractivity contribution is 6.00. The zero-order valence-electron chi connectivity index (χ0n) is 16.6. The maximum atomic E-state index is 12.8. The third-order valence-corrected chi connectivity index (χ3v) is 3.57. The van der Waals surface area contributed by atoms with Crippen LogP contribution in [0, 0.1) is 16.2 Å². The van der Waals surface area contributed by atoms with E-state index in [1.54, 1.807) is 6.92 Å². The van der Waals surface area contributed by atoms with Crippen LogP contribution in [0.5, 0.6) is 0 Å². The largest absolute Gasteiger partial charge is 0.464 e. The van der Waals surface area contributed by atoms with Gasteiger partial charge in [-0.15, -0.1) is 0 Å². The summed E-state index contributed by atoms with van der Waals surface area (Å²) in [7, 11) is 0. The lowest BCUT2D eigenvalue weighted by Gasteiger charge is -2.29. The number of carbonyl (C=O) groups is 2. The van der Waals surface area contributed by atoms with E-state index >= 15 is 0 Å². The van der Waals surface area contributed by atoms with E-state index in [0.717, 1.165) is 5.56 Å². The Hall–Kier alpha value is -1.84. The summed E-state index contributed by atoms with van der Waals surface area (Å²) in [4.78, 5) is 25.5. The summed E-state index contributed by atoms with van der Waals surface area (Å²) in [5, 5.41) is 0. The molecular weight excluding hydrogens is 316 g/mol. The topological polar surface area (TPSA) is 52.6 Å². The maximum absolute atomic E-state index is 12.8. The lowest BCUT2D eigenvalue weighted by molar-refractivity contribution is -0.174. The molecule has 0 aliphatic rings. The third-order valence-electron chi connectivity index (χ3n) is 3.57. The molecular formula is C21H32O4. The van der Waals surface area contributed by atoms with Gasteiger partial charge in [0.2, 0.25) is 0 Å². The van der Waals surface area contributed by atoms with Crippen LogP contribution in [0.2, 0.25) is 0 Å². The van der Waals surface area contributed by atoms with Gasteiger partial charge in [0.05, 0.1) is 13.2 Å². The van der Waals surface area contributed by atoms with Gasteiger partial charge >= 0.3 is 11.9 Å². The van der Waals surface area contributed by atoms with Crippen molar-refractivity contribution in [2.45, 2.75) is 54.9 Å². The second-order valence-corrected chi connectivity index (χ2v) is 9.27. The average molecular weight is 348 g/mol. The molecule has 1 rings (SSSR count). The molecule has 4 heteroatoms. The first-order valence-electron chi connectivity index (χ1n) is 8.72. The molecule has 0 aromatic heterocycles. The smallest absolute Gasteiger partial charge is 0.323 e. The van der Waals surface area contributed by atoms with E-state index in [4.69, 9.17) is 9.47 Å². The fourth-order valence-corrected chi connectivity index (χ4v) is 2.11. The highest BCUT2D eigenvalue weighted by atomic mass is 16.6. The molecule has 0 spiro atoms. The quantitative estimate of drug-likeness (QED) is 0.564. The summed E-state index contributed by atoms with van der Waals surface area (Å²) in [6.07, 6.45) is 0.250. The van der Waals surface area contributed by atoms with Gasteiger partial charge in [-0.3, -0.25) is 9.59 Å². The summed E-state index contributed by atoms with van der Waals surface area (Å²) in [6.45, 7) is 14.0. The Morgan fingerprint density at radius 2 is 1.16 bits per heavy atom. The Kier molecular flexibility index (Phi) is 6.81. The highest BCUT2D eigenvalue weighted by Crippen LogP contribution is 2.29. The van der Waals surface area contributed by atoms with E-state index in [1.165, 1.54) is 0 Å². The second kappa shape index (κ2) is 8.03. The molecule has 0 amide bonds. The number of ether oxygens (including phenoxy) is 2. The van der Waals surface area contributed by atoms with Gasteiger partial charge in [0.1, 0.15) is 0 Å². The van der Waals surface area contributed by atoms with Crippen molar-refractivity contribution in [2.24, 2.45) is 16.2 Å². The molecule has 0 heterocycles. The molecule has 4 nitrogen and oxygen atoms in total.